The topological polar surface area (TPSA) is 0 Å². The van der Waals surface area contributed by atoms with Crippen molar-refractivity contribution in [2.75, 3.05) is 0 Å². The van der Waals surface area contributed by atoms with Crippen molar-refractivity contribution in [3.8, 4) is 0 Å². The average molecular weight is 898 g/mol. The fourth-order valence-electron chi connectivity index (χ4n) is 12.2. The van der Waals surface area contributed by atoms with Crippen LogP contribution in [-0.4, -0.2) is 56.5 Å². The molecule has 0 aliphatic heterocycles. The second-order valence-electron chi connectivity index (χ2n) is 25.2. The summed E-state index contributed by atoms with van der Waals surface area (Å²) in [5, 5.41) is 15.9. The van der Waals surface area contributed by atoms with Crippen LogP contribution >= 0.6 is 0 Å². The molecule has 0 aromatic heterocycles. The van der Waals surface area contributed by atoms with E-state index in [1.54, 1.807) is 86.8 Å². The van der Waals surface area contributed by atoms with Gasteiger partial charge in [-0.2, -0.15) is 0 Å². The average Bonchev–Trinajstić information content (AvgIpc) is 3.20. The van der Waals surface area contributed by atoms with Crippen molar-refractivity contribution in [3.05, 3.63) is 73.9 Å². The summed E-state index contributed by atoms with van der Waals surface area (Å²) in [6.45, 7) is 73.2. The molecule has 1 aliphatic carbocycles. The van der Waals surface area contributed by atoms with Gasteiger partial charge in [-0.1, -0.05) is 212 Å². The van der Waals surface area contributed by atoms with Crippen molar-refractivity contribution in [2.45, 2.75) is 193 Å². The van der Waals surface area contributed by atoms with Crippen LogP contribution in [-0.2, 0) is 0 Å². The lowest BCUT2D eigenvalue weighted by Crippen LogP contribution is -2.84. The summed E-state index contributed by atoms with van der Waals surface area (Å²) in [5.74, 6) is 0. The van der Waals surface area contributed by atoms with Crippen molar-refractivity contribution in [1.29, 1.82) is 0 Å². The third-order valence-electron chi connectivity index (χ3n) is 14.3. The molecule has 320 valence electrons. The molecule has 0 saturated heterocycles. The van der Waals surface area contributed by atoms with Gasteiger partial charge in [0.25, 0.3) is 0 Å². The molecule has 4 rings (SSSR count). The van der Waals surface area contributed by atoms with Crippen molar-refractivity contribution in [1.82, 2.24) is 0 Å². The van der Waals surface area contributed by atoms with Gasteiger partial charge in [-0.15, -0.1) is 0 Å². The van der Waals surface area contributed by atoms with Crippen LogP contribution in [0.15, 0.2) is 40.5 Å². The fraction of sp³-hybridized carbons (Fsp3) is 0.569. The number of rotatable bonds is 10. The Kier molecular flexibility index (Phi) is 13.2. The molecular formula is C51H88Si7. The highest BCUT2D eigenvalue weighted by Crippen LogP contribution is 2.47. The molecule has 7 heteroatoms. The highest BCUT2D eigenvalue weighted by atomic mass is 28.3. The summed E-state index contributed by atoms with van der Waals surface area (Å²) in [6.07, 6.45) is 0. The van der Waals surface area contributed by atoms with Crippen molar-refractivity contribution in [2.24, 2.45) is 0 Å². The summed E-state index contributed by atoms with van der Waals surface area (Å²) in [4.78, 5) is 0. The van der Waals surface area contributed by atoms with Crippen molar-refractivity contribution < 1.29 is 0 Å². The first-order valence-corrected chi connectivity index (χ1v) is 45.7. The summed E-state index contributed by atoms with van der Waals surface area (Å²) in [5.41, 5.74) is 16.5. The molecule has 0 N–H and O–H groups in total. The molecule has 0 spiro atoms. The maximum absolute atomic E-state index is 3.10. The maximum atomic E-state index is 2.77. The minimum absolute atomic E-state index is 0.357. The minimum Gasteiger partial charge on any atom is -0.0656 e. The van der Waals surface area contributed by atoms with E-state index in [4.69, 9.17) is 0 Å². The van der Waals surface area contributed by atoms with Gasteiger partial charge in [0.05, 0.1) is 48.4 Å². The molecule has 0 unspecified atom stereocenters. The van der Waals surface area contributed by atoms with E-state index in [2.05, 4.69) is 205 Å². The Morgan fingerprint density at radius 3 is 0.672 bits per heavy atom. The number of benzene rings is 3. The lowest BCUT2D eigenvalue weighted by molar-refractivity contribution is 1.09. The molecule has 0 atom stereocenters. The summed E-state index contributed by atoms with van der Waals surface area (Å²) in [6, 6.07) is 8.32. The molecule has 0 heterocycles. The van der Waals surface area contributed by atoms with Crippen LogP contribution < -0.4 is 46.7 Å². The molecule has 1 aliphatic rings. The third-order valence-corrected chi connectivity index (χ3v) is 33.8. The van der Waals surface area contributed by atoms with Crippen LogP contribution in [0.2, 0.25) is 123 Å². The Hall–Kier alpha value is -1.34. The van der Waals surface area contributed by atoms with Gasteiger partial charge in [-0.25, -0.2) is 0 Å². The lowest BCUT2D eigenvalue weighted by atomic mass is 10.1. The minimum atomic E-state index is -3.10. The Labute approximate surface area is 367 Å². The van der Waals surface area contributed by atoms with Crippen molar-refractivity contribution >= 4 is 103 Å². The van der Waals surface area contributed by atoms with Gasteiger partial charge in [0, 0.05) is 5.54 Å². The summed E-state index contributed by atoms with van der Waals surface area (Å²) >= 11 is 0. The van der Waals surface area contributed by atoms with Crippen LogP contribution in [0, 0.1) is 41.5 Å². The van der Waals surface area contributed by atoms with E-state index in [0.29, 0.717) is 5.54 Å². The Morgan fingerprint density at radius 1 is 0.293 bits per heavy atom. The number of hydrogen-bond acceptors (Lipinski definition) is 0. The second kappa shape index (κ2) is 15.5. The van der Waals surface area contributed by atoms with E-state index in [1.807, 2.05) is 15.6 Å². The van der Waals surface area contributed by atoms with Crippen LogP contribution in [0.25, 0.3) is 0 Å². The zero-order valence-electron chi connectivity index (χ0n) is 43.3. The number of aryl methyl sites for hydroxylation is 3. The quantitative estimate of drug-likeness (QED) is 0.141. The number of hydrogen-bond donors (Lipinski definition) is 0. The van der Waals surface area contributed by atoms with Crippen LogP contribution in [0.4, 0.5) is 0 Å². The first-order valence-electron chi connectivity index (χ1n) is 22.6. The molecule has 3 aromatic carbocycles. The Morgan fingerprint density at radius 2 is 0.500 bits per heavy atom. The highest BCUT2D eigenvalue weighted by molar-refractivity contribution is 7.21. The largest absolute Gasteiger partial charge is 0.159 e. The van der Waals surface area contributed by atoms with Gasteiger partial charge < -0.3 is 0 Å². The molecule has 0 amide bonds. The first kappa shape index (κ1) is 49.3. The zero-order chi connectivity index (χ0) is 45.2. The predicted molar refractivity (Wildman–Crippen MR) is 291 cm³/mol. The zero-order valence-corrected chi connectivity index (χ0v) is 50.3. The van der Waals surface area contributed by atoms with E-state index in [1.165, 1.54) is 0 Å². The van der Waals surface area contributed by atoms with Gasteiger partial charge in [-0.3, -0.25) is 0 Å². The molecular weight excluding hydrogens is 809 g/mol. The van der Waals surface area contributed by atoms with Gasteiger partial charge >= 0.3 is 0 Å². The first-order chi connectivity index (χ1) is 25.8. The van der Waals surface area contributed by atoms with E-state index in [-0.39, 0.29) is 0 Å². The summed E-state index contributed by atoms with van der Waals surface area (Å²) in [7, 11) is -14.1. The Bertz CT molecular complexity index is 1990. The SMILES string of the molecule is CC1=C(C)C([Si](c2c(C)cc([Si](C)(C)C)c(C)c2[Si](C)(C)C)(c2c(C)cc([Si](C)(C)C)c(C)c2[Si](C)(C)C)c2c(C)cc([Si](C)(C)C)c(C)c2[Si](C)(C)C)C(C)=C1C. The van der Waals surface area contributed by atoms with E-state index >= 15 is 0 Å². The maximum Gasteiger partial charge on any atom is 0.159 e. The normalized spacial score (nSPS) is 15.7. The molecule has 3 aromatic rings. The van der Waals surface area contributed by atoms with Crippen molar-refractivity contribution in [3.63, 3.8) is 0 Å². The molecule has 0 nitrogen and oxygen atoms in total. The van der Waals surface area contributed by atoms with Crippen LogP contribution in [0.1, 0.15) is 61.1 Å². The monoisotopic (exact) mass is 897 g/mol. The molecule has 0 bridgehead atoms. The van der Waals surface area contributed by atoms with Gasteiger partial charge in [-0.05, 0) is 95.9 Å². The van der Waals surface area contributed by atoms with E-state index in [0.717, 1.165) is 0 Å². The summed E-state index contributed by atoms with van der Waals surface area (Å²) < 4.78 is 0. The fourth-order valence-corrected chi connectivity index (χ4v) is 37.2. The molecule has 0 saturated carbocycles. The van der Waals surface area contributed by atoms with Gasteiger partial charge in [0.15, 0.2) is 8.07 Å². The third kappa shape index (κ3) is 8.19. The smallest absolute Gasteiger partial charge is 0.0656 e. The molecule has 0 fully saturated rings. The highest BCUT2D eigenvalue weighted by Gasteiger charge is 2.58. The lowest BCUT2D eigenvalue weighted by Gasteiger charge is -2.51. The van der Waals surface area contributed by atoms with E-state index < -0.39 is 56.5 Å². The predicted octanol–water partition coefficient (Wildman–Crippen LogP) is 10.3. The van der Waals surface area contributed by atoms with E-state index in [9.17, 15) is 0 Å². The van der Waals surface area contributed by atoms with Gasteiger partial charge in [0.2, 0.25) is 0 Å². The molecule has 0 radical (unpaired) electrons. The molecule has 58 heavy (non-hydrogen) atoms. The second-order valence-corrected chi connectivity index (χ2v) is 59.0. The van der Waals surface area contributed by atoms with Crippen LogP contribution in [0.5, 0.6) is 0 Å². The van der Waals surface area contributed by atoms with Crippen LogP contribution in [0.3, 0.4) is 0 Å². The Balaban J connectivity index is 2.79. The standard InChI is InChI=1S/C51H88Si7/c1-32-29-42(52(11,12)13)39(8)49(55(20,21)22)45(32)58(48-37(6)35(4)36(5)38(48)7,46-33(2)30-43(53(14,15)16)40(9)50(46)56(23,24)25)47-34(3)31-44(54(17,18)19)41(10)51(47)57(26,27)28/h29-31,48H,1-28H3. The van der Waals surface area contributed by atoms with Gasteiger partial charge in [0.1, 0.15) is 0 Å². The number of allylic oxidation sites excluding steroid dienone is 4.